The lowest BCUT2D eigenvalue weighted by molar-refractivity contribution is 0.0941. The molecule has 0 aliphatic carbocycles. The van der Waals surface area contributed by atoms with Gasteiger partial charge in [-0.15, -0.1) is 0 Å². The number of nitrogen functional groups attached to an aromatic ring is 1. The molecule has 96 valence electrons. The number of hydrogen-bond donors (Lipinski definition) is 1. The SMILES string of the molecule is CC(=O)n1cc(CCN(C)C)c2cc(N)ccc21. The van der Waals surface area contributed by atoms with E-state index in [2.05, 4.69) is 4.90 Å². The van der Waals surface area contributed by atoms with Crippen molar-refractivity contribution in [2.24, 2.45) is 0 Å². The Kier molecular flexibility index (Phi) is 3.39. The molecule has 0 saturated heterocycles. The average molecular weight is 245 g/mol. The molecule has 1 aromatic carbocycles. The van der Waals surface area contributed by atoms with Gasteiger partial charge >= 0.3 is 0 Å². The van der Waals surface area contributed by atoms with Crippen LogP contribution >= 0.6 is 0 Å². The molecule has 0 atom stereocenters. The van der Waals surface area contributed by atoms with Crippen molar-refractivity contribution in [3.05, 3.63) is 30.0 Å². The maximum atomic E-state index is 11.6. The van der Waals surface area contributed by atoms with Crippen LogP contribution in [0, 0.1) is 0 Å². The number of nitrogens with zero attached hydrogens (tertiary/aromatic N) is 2. The molecular formula is C14H19N3O. The van der Waals surface area contributed by atoms with Crippen LogP contribution in [0.15, 0.2) is 24.4 Å². The van der Waals surface area contributed by atoms with Gasteiger partial charge in [0.25, 0.3) is 0 Å². The molecule has 0 spiro atoms. The second-order valence-electron chi connectivity index (χ2n) is 4.87. The predicted molar refractivity (Wildman–Crippen MR) is 74.9 cm³/mol. The van der Waals surface area contributed by atoms with Gasteiger partial charge in [-0.05, 0) is 44.3 Å². The summed E-state index contributed by atoms with van der Waals surface area (Å²) in [7, 11) is 4.08. The first kappa shape index (κ1) is 12.6. The van der Waals surface area contributed by atoms with Crippen molar-refractivity contribution in [3.8, 4) is 0 Å². The molecular weight excluding hydrogens is 226 g/mol. The third kappa shape index (κ3) is 2.38. The molecule has 0 aliphatic heterocycles. The zero-order valence-corrected chi connectivity index (χ0v) is 11.1. The highest BCUT2D eigenvalue weighted by molar-refractivity contribution is 5.95. The summed E-state index contributed by atoms with van der Waals surface area (Å²) in [5, 5.41) is 1.08. The van der Waals surface area contributed by atoms with E-state index in [4.69, 9.17) is 5.73 Å². The largest absolute Gasteiger partial charge is 0.399 e. The Morgan fingerprint density at radius 3 is 2.72 bits per heavy atom. The fourth-order valence-electron chi connectivity index (χ4n) is 2.12. The highest BCUT2D eigenvalue weighted by atomic mass is 16.1. The second-order valence-corrected chi connectivity index (χ2v) is 4.87. The second kappa shape index (κ2) is 4.82. The number of rotatable bonds is 3. The van der Waals surface area contributed by atoms with E-state index in [1.54, 1.807) is 11.5 Å². The molecule has 2 N–H and O–H groups in total. The van der Waals surface area contributed by atoms with Gasteiger partial charge in [-0.25, -0.2) is 0 Å². The van der Waals surface area contributed by atoms with E-state index >= 15 is 0 Å². The Morgan fingerprint density at radius 2 is 2.11 bits per heavy atom. The Labute approximate surface area is 107 Å². The summed E-state index contributed by atoms with van der Waals surface area (Å²) >= 11 is 0. The summed E-state index contributed by atoms with van der Waals surface area (Å²) < 4.78 is 1.69. The van der Waals surface area contributed by atoms with Gasteiger partial charge in [0.15, 0.2) is 0 Å². The normalized spacial score (nSPS) is 11.3. The van der Waals surface area contributed by atoms with Gasteiger partial charge in [-0.3, -0.25) is 9.36 Å². The van der Waals surface area contributed by atoms with Gasteiger partial charge < -0.3 is 10.6 Å². The number of carbonyl (C=O) groups excluding carboxylic acids is 1. The van der Waals surface area contributed by atoms with Crippen LogP contribution < -0.4 is 5.73 Å². The van der Waals surface area contributed by atoms with Crippen molar-refractivity contribution in [1.29, 1.82) is 0 Å². The average Bonchev–Trinajstić information content (AvgIpc) is 2.64. The van der Waals surface area contributed by atoms with Gasteiger partial charge in [-0.2, -0.15) is 0 Å². The molecule has 4 nitrogen and oxygen atoms in total. The number of benzene rings is 1. The number of anilines is 1. The van der Waals surface area contributed by atoms with Crippen molar-refractivity contribution in [1.82, 2.24) is 9.47 Å². The molecule has 0 saturated carbocycles. The summed E-state index contributed by atoms with van der Waals surface area (Å²) in [6.07, 6.45) is 2.84. The minimum absolute atomic E-state index is 0.0286. The Bertz CT molecular complexity index is 584. The van der Waals surface area contributed by atoms with Gasteiger partial charge in [-0.1, -0.05) is 0 Å². The molecule has 0 radical (unpaired) electrons. The third-order valence-corrected chi connectivity index (χ3v) is 3.08. The van der Waals surface area contributed by atoms with Gasteiger partial charge in [0.2, 0.25) is 5.91 Å². The summed E-state index contributed by atoms with van der Waals surface area (Å²) in [4.78, 5) is 13.7. The van der Waals surface area contributed by atoms with Crippen molar-refractivity contribution >= 4 is 22.5 Å². The van der Waals surface area contributed by atoms with Crippen LogP contribution in [-0.4, -0.2) is 36.0 Å². The lowest BCUT2D eigenvalue weighted by atomic mass is 10.1. The summed E-state index contributed by atoms with van der Waals surface area (Å²) in [5.41, 5.74) is 8.66. The van der Waals surface area contributed by atoms with Crippen LogP contribution in [0.3, 0.4) is 0 Å². The summed E-state index contributed by atoms with van der Waals surface area (Å²) in [5.74, 6) is 0.0286. The van der Waals surface area contributed by atoms with Gasteiger partial charge in [0, 0.05) is 30.7 Å². The van der Waals surface area contributed by atoms with E-state index in [1.807, 2.05) is 38.5 Å². The van der Waals surface area contributed by atoms with E-state index in [1.165, 1.54) is 5.56 Å². The molecule has 0 amide bonds. The van der Waals surface area contributed by atoms with E-state index in [9.17, 15) is 4.79 Å². The molecule has 2 aromatic rings. The Hall–Kier alpha value is -1.81. The van der Waals surface area contributed by atoms with E-state index in [0.717, 1.165) is 29.6 Å². The van der Waals surface area contributed by atoms with Crippen LogP contribution in [0.5, 0.6) is 0 Å². The first-order valence-corrected chi connectivity index (χ1v) is 6.04. The van der Waals surface area contributed by atoms with E-state index in [0.29, 0.717) is 0 Å². The van der Waals surface area contributed by atoms with Crippen LogP contribution in [0.2, 0.25) is 0 Å². The predicted octanol–water partition coefficient (Wildman–Crippen LogP) is 1.99. The maximum absolute atomic E-state index is 11.6. The van der Waals surface area contributed by atoms with Crippen molar-refractivity contribution in [2.45, 2.75) is 13.3 Å². The van der Waals surface area contributed by atoms with Crippen molar-refractivity contribution in [2.75, 3.05) is 26.4 Å². The monoisotopic (exact) mass is 245 g/mol. The number of nitrogens with two attached hydrogens (primary N) is 1. The van der Waals surface area contributed by atoms with Crippen LogP contribution in [0.25, 0.3) is 10.9 Å². The molecule has 18 heavy (non-hydrogen) atoms. The number of aromatic nitrogens is 1. The van der Waals surface area contributed by atoms with Crippen molar-refractivity contribution in [3.63, 3.8) is 0 Å². The zero-order chi connectivity index (χ0) is 13.3. The van der Waals surface area contributed by atoms with E-state index < -0.39 is 0 Å². The van der Waals surface area contributed by atoms with Crippen LogP contribution in [0.1, 0.15) is 17.3 Å². The molecule has 0 unspecified atom stereocenters. The number of hydrogen-bond acceptors (Lipinski definition) is 3. The molecule has 1 heterocycles. The fourth-order valence-corrected chi connectivity index (χ4v) is 2.12. The van der Waals surface area contributed by atoms with Crippen LogP contribution in [0.4, 0.5) is 5.69 Å². The molecule has 2 rings (SSSR count). The molecule has 0 aliphatic rings. The standard InChI is InChI=1S/C14H19N3O/c1-10(18)17-9-11(6-7-16(2)3)13-8-12(15)4-5-14(13)17/h4-5,8-9H,6-7,15H2,1-3H3. The number of likely N-dealkylation sites (N-methyl/N-ethyl adjacent to an activating group) is 1. The van der Waals surface area contributed by atoms with Crippen molar-refractivity contribution < 1.29 is 4.79 Å². The Balaban J connectivity index is 2.51. The smallest absolute Gasteiger partial charge is 0.227 e. The summed E-state index contributed by atoms with van der Waals surface area (Å²) in [6.45, 7) is 2.53. The maximum Gasteiger partial charge on any atom is 0.227 e. The minimum atomic E-state index is 0.0286. The molecule has 0 bridgehead atoms. The number of carbonyl (C=O) groups is 1. The zero-order valence-electron chi connectivity index (χ0n) is 11.1. The molecule has 1 aromatic heterocycles. The Morgan fingerprint density at radius 1 is 1.39 bits per heavy atom. The minimum Gasteiger partial charge on any atom is -0.399 e. The fraction of sp³-hybridized carbons (Fsp3) is 0.357. The molecule has 0 fully saturated rings. The van der Waals surface area contributed by atoms with Gasteiger partial charge in [0.05, 0.1) is 5.52 Å². The van der Waals surface area contributed by atoms with E-state index in [-0.39, 0.29) is 5.91 Å². The lowest BCUT2D eigenvalue weighted by Crippen LogP contribution is -2.15. The third-order valence-electron chi connectivity index (χ3n) is 3.08. The first-order valence-electron chi connectivity index (χ1n) is 6.04. The molecule has 4 heteroatoms. The highest BCUT2D eigenvalue weighted by Gasteiger charge is 2.11. The van der Waals surface area contributed by atoms with Crippen LogP contribution in [-0.2, 0) is 6.42 Å². The topological polar surface area (TPSA) is 51.3 Å². The highest BCUT2D eigenvalue weighted by Crippen LogP contribution is 2.24. The lowest BCUT2D eigenvalue weighted by Gasteiger charge is -2.08. The van der Waals surface area contributed by atoms with Gasteiger partial charge in [0.1, 0.15) is 0 Å². The number of fused-ring (bicyclic) bond motifs is 1. The quantitative estimate of drug-likeness (QED) is 0.841. The first-order chi connectivity index (χ1) is 8.49. The summed E-state index contributed by atoms with van der Waals surface area (Å²) in [6, 6.07) is 5.68.